The topological polar surface area (TPSA) is 58.4 Å². The molecule has 0 radical (unpaired) electrons. The van der Waals surface area contributed by atoms with Crippen LogP contribution in [0.1, 0.15) is 18.9 Å². The maximum absolute atomic E-state index is 13.1. The van der Waals surface area contributed by atoms with Crippen LogP contribution >= 0.6 is 0 Å². The number of nitrogens with two attached hydrogens (primary N) is 1. The molecular weight excluding hydrogens is 233 g/mol. The molecular formula is C13H20FN3O. The quantitative estimate of drug-likeness (QED) is 0.753. The molecule has 0 bridgehead atoms. The van der Waals surface area contributed by atoms with Gasteiger partial charge in [-0.05, 0) is 37.2 Å². The van der Waals surface area contributed by atoms with Crippen LogP contribution in [0.5, 0.6) is 0 Å². The number of carbonyl (C=O) groups excluding carboxylic acids is 1. The third kappa shape index (κ3) is 4.71. The van der Waals surface area contributed by atoms with Gasteiger partial charge in [0.2, 0.25) is 5.91 Å². The van der Waals surface area contributed by atoms with Crippen LogP contribution in [0.4, 0.5) is 10.1 Å². The number of nitrogens with zero attached hydrogens (tertiary/aromatic N) is 1. The summed E-state index contributed by atoms with van der Waals surface area (Å²) in [5.74, 6) is -0.350. The highest BCUT2D eigenvalue weighted by Gasteiger charge is 2.08. The predicted molar refractivity (Wildman–Crippen MR) is 70.4 cm³/mol. The fraction of sp³-hybridized carbons (Fsp3) is 0.462. The largest absolute Gasteiger partial charge is 0.398 e. The number of nitrogen functional groups attached to an aromatic ring is 1. The van der Waals surface area contributed by atoms with Crippen LogP contribution in [0.2, 0.25) is 0 Å². The summed E-state index contributed by atoms with van der Waals surface area (Å²) in [6.07, 6.45) is 0.909. The summed E-state index contributed by atoms with van der Waals surface area (Å²) in [7, 11) is 1.80. The van der Waals surface area contributed by atoms with Crippen molar-refractivity contribution in [2.45, 2.75) is 19.9 Å². The van der Waals surface area contributed by atoms with Gasteiger partial charge >= 0.3 is 0 Å². The Balaban J connectivity index is 2.51. The van der Waals surface area contributed by atoms with Gasteiger partial charge in [-0.1, -0.05) is 6.92 Å². The number of nitrogens with one attached hydrogen (secondary N) is 1. The van der Waals surface area contributed by atoms with Gasteiger partial charge in [-0.2, -0.15) is 0 Å². The zero-order chi connectivity index (χ0) is 13.5. The molecule has 0 aliphatic heterocycles. The van der Waals surface area contributed by atoms with Crippen molar-refractivity contribution in [2.75, 3.05) is 25.9 Å². The lowest BCUT2D eigenvalue weighted by Gasteiger charge is -2.17. The van der Waals surface area contributed by atoms with Crippen LogP contribution in [-0.2, 0) is 11.3 Å². The van der Waals surface area contributed by atoms with Gasteiger partial charge in [0.05, 0.1) is 6.54 Å². The van der Waals surface area contributed by atoms with Crippen molar-refractivity contribution < 1.29 is 9.18 Å². The summed E-state index contributed by atoms with van der Waals surface area (Å²) >= 11 is 0. The minimum atomic E-state index is -0.317. The van der Waals surface area contributed by atoms with Crippen molar-refractivity contribution in [3.63, 3.8) is 0 Å². The van der Waals surface area contributed by atoms with Crippen molar-refractivity contribution in [1.82, 2.24) is 10.2 Å². The Labute approximate surface area is 107 Å². The van der Waals surface area contributed by atoms with Gasteiger partial charge in [0.25, 0.3) is 0 Å². The van der Waals surface area contributed by atoms with Gasteiger partial charge in [0.1, 0.15) is 5.82 Å². The van der Waals surface area contributed by atoms with Gasteiger partial charge in [0.15, 0.2) is 0 Å². The fourth-order valence-corrected chi connectivity index (χ4v) is 1.62. The molecule has 0 spiro atoms. The van der Waals surface area contributed by atoms with Crippen molar-refractivity contribution in [3.05, 3.63) is 29.6 Å². The highest BCUT2D eigenvalue weighted by Crippen LogP contribution is 2.14. The molecule has 1 rings (SSSR count). The van der Waals surface area contributed by atoms with Gasteiger partial charge < -0.3 is 11.1 Å². The summed E-state index contributed by atoms with van der Waals surface area (Å²) in [5.41, 5.74) is 6.99. The van der Waals surface area contributed by atoms with Crippen molar-refractivity contribution in [1.29, 1.82) is 0 Å². The maximum Gasteiger partial charge on any atom is 0.234 e. The van der Waals surface area contributed by atoms with E-state index in [1.807, 2.05) is 6.92 Å². The van der Waals surface area contributed by atoms with E-state index in [1.165, 1.54) is 18.2 Å². The van der Waals surface area contributed by atoms with Crippen LogP contribution in [0.15, 0.2) is 18.2 Å². The number of hydrogen-bond donors (Lipinski definition) is 2. The molecule has 0 saturated carbocycles. The summed E-state index contributed by atoms with van der Waals surface area (Å²) in [5, 5.41) is 2.79. The smallest absolute Gasteiger partial charge is 0.234 e. The third-order valence-electron chi connectivity index (χ3n) is 2.53. The first-order chi connectivity index (χ1) is 8.52. The Morgan fingerprint density at radius 1 is 1.50 bits per heavy atom. The summed E-state index contributed by atoms with van der Waals surface area (Å²) in [6.45, 7) is 3.39. The van der Waals surface area contributed by atoms with E-state index in [-0.39, 0.29) is 18.3 Å². The first-order valence-corrected chi connectivity index (χ1v) is 6.02. The maximum atomic E-state index is 13.1. The van der Waals surface area contributed by atoms with E-state index in [1.54, 1.807) is 11.9 Å². The SMILES string of the molecule is CCCNC(=O)CN(C)Cc1cc(F)ccc1N. The average Bonchev–Trinajstić information content (AvgIpc) is 2.31. The van der Waals surface area contributed by atoms with Crippen molar-refractivity contribution in [2.24, 2.45) is 0 Å². The average molecular weight is 253 g/mol. The highest BCUT2D eigenvalue weighted by molar-refractivity contribution is 5.77. The molecule has 1 amide bonds. The molecule has 0 atom stereocenters. The van der Waals surface area contributed by atoms with Gasteiger partial charge in [-0.25, -0.2) is 4.39 Å². The van der Waals surface area contributed by atoms with E-state index in [0.29, 0.717) is 24.3 Å². The van der Waals surface area contributed by atoms with Crippen LogP contribution in [0.25, 0.3) is 0 Å². The van der Waals surface area contributed by atoms with E-state index >= 15 is 0 Å². The van der Waals surface area contributed by atoms with Crippen LogP contribution < -0.4 is 11.1 Å². The minimum Gasteiger partial charge on any atom is -0.398 e. The number of benzene rings is 1. The van der Waals surface area contributed by atoms with Crippen LogP contribution in [0.3, 0.4) is 0 Å². The van der Waals surface area contributed by atoms with Crippen LogP contribution in [-0.4, -0.2) is 30.9 Å². The van der Waals surface area contributed by atoms with E-state index in [0.717, 1.165) is 6.42 Å². The lowest BCUT2D eigenvalue weighted by Crippen LogP contribution is -2.35. The van der Waals surface area contributed by atoms with Crippen molar-refractivity contribution >= 4 is 11.6 Å². The van der Waals surface area contributed by atoms with Gasteiger partial charge in [-0.15, -0.1) is 0 Å². The lowest BCUT2D eigenvalue weighted by atomic mass is 10.1. The second-order valence-corrected chi connectivity index (χ2v) is 4.37. The van der Waals surface area contributed by atoms with Crippen LogP contribution in [0, 0.1) is 5.82 Å². The normalized spacial score (nSPS) is 10.7. The molecule has 0 saturated heterocycles. The standard InChI is InChI=1S/C13H20FN3O/c1-3-6-16-13(18)9-17(2)8-10-7-11(14)4-5-12(10)15/h4-5,7H,3,6,8-9,15H2,1-2H3,(H,16,18). The summed E-state index contributed by atoms with van der Waals surface area (Å²) in [4.78, 5) is 13.3. The highest BCUT2D eigenvalue weighted by atomic mass is 19.1. The minimum absolute atomic E-state index is 0.0330. The Bertz CT molecular complexity index is 409. The first kappa shape index (κ1) is 14.4. The van der Waals surface area contributed by atoms with E-state index in [2.05, 4.69) is 5.32 Å². The molecule has 0 fully saturated rings. The second-order valence-electron chi connectivity index (χ2n) is 4.37. The number of halogens is 1. The second kappa shape index (κ2) is 6.96. The zero-order valence-electron chi connectivity index (χ0n) is 10.9. The van der Waals surface area contributed by atoms with E-state index in [9.17, 15) is 9.18 Å². The number of anilines is 1. The monoisotopic (exact) mass is 253 g/mol. The molecule has 0 aliphatic carbocycles. The molecule has 0 aliphatic rings. The molecule has 4 nitrogen and oxygen atoms in total. The number of likely N-dealkylation sites (N-methyl/N-ethyl adjacent to an activating group) is 1. The summed E-state index contributed by atoms with van der Waals surface area (Å²) in [6, 6.07) is 4.26. The molecule has 3 N–H and O–H groups in total. The molecule has 1 aromatic rings. The Hall–Kier alpha value is -1.62. The predicted octanol–water partition coefficient (Wildman–Crippen LogP) is 1.37. The van der Waals surface area contributed by atoms with Gasteiger partial charge in [0, 0.05) is 18.8 Å². The molecule has 5 heteroatoms. The number of carbonyl (C=O) groups is 1. The molecule has 0 unspecified atom stereocenters. The molecule has 1 aromatic carbocycles. The van der Waals surface area contributed by atoms with Gasteiger partial charge in [-0.3, -0.25) is 9.69 Å². The molecule has 0 heterocycles. The molecule has 100 valence electrons. The number of amides is 1. The van der Waals surface area contributed by atoms with E-state index in [4.69, 9.17) is 5.73 Å². The number of rotatable bonds is 6. The zero-order valence-corrected chi connectivity index (χ0v) is 10.9. The van der Waals surface area contributed by atoms with Crippen molar-refractivity contribution in [3.8, 4) is 0 Å². The Morgan fingerprint density at radius 2 is 2.22 bits per heavy atom. The lowest BCUT2D eigenvalue weighted by molar-refractivity contribution is -0.122. The third-order valence-corrected chi connectivity index (χ3v) is 2.53. The summed E-state index contributed by atoms with van der Waals surface area (Å²) < 4.78 is 13.1. The molecule has 0 aromatic heterocycles. The van der Waals surface area contributed by atoms with E-state index < -0.39 is 0 Å². The Morgan fingerprint density at radius 3 is 2.89 bits per heavy atom. The fourth-order valence-electron chi connectivity index (χ4n) is 1.62. The molecule has 18 heavy (non-hydrogen) atoms. The Kier molecular flexibility index (Phi) is 5.58. The number of hydrogen-bond acceptors (Lipinski definition) is 3. The first-order valence-electron chi connectivity index (χ1n) is 6.02.